The number of fused-ring (bicyclic) bond motifs is 1. The normalized spacial score (nSPS) is 19.7. The number of amides is 1. The highest BCUT2D eigenvalue weighted by atomic mass is 35.5. The molecule has 1 aromatic carbocycles. The lowest BCUT2D eigenvalue weighted by molar-refractivity contribution is 0.0666. The second-order valence-corrected chi connectivity index (χ2v) is 7.26. The molecule has 0 saturated heterocycles. The van der Waals surface area contributed by atoms with E-state index in [4.69, 9.17) is 11.6 Å². The second kappa shape index (κ2) is 6.37. The molecule has 0 unspecified atom stereocenters. The maximum absolute atomic E-state index is 13.1. The van der Waals surface area contributed by atoms with Crippen molar-refractivity contribution in [1.82, 2.24) is 14.7 Å². The SMILES string of the molecule is CCCCn1nc(C)c([C@@H]2Nc3ccccc3C(=O)N2C2CC2)c1Cl. The van der Waals surface area contributed by atoms with Gasteiger partial charge in [-0.1, -0.05) is 37.1 Å². The number of anilines is 1. The number of benzene rings is 1. The van der Waals surface area contributed by atoms with Gasteiger partial charge in [0, 0.05) is 18.3 Å². The summed E-state index contributed by atoms with van der Waals surface area (Å²) < 4.78 is 1.87. The number of nitrogens with zero attached hydrogens (tertiary/aromatic N) is 3. The highest BCUT2D eigenvalue weighted by Gasteiger charge is 2.43. The molecule has 25 heavy (non-hydrogen) atoms. The molecule has 5 nitrogen and oxygen atoms in total. The van der Waals surface area contributed by atoms with E-state index in [9.17, 15) is 4.79 Å². The molecule has 1 amide bonds. The minimum absolute atomic E-state index is 0.0821. The highest BCUT2D eigenvalue weighted by Crippen LogP contribution is 2.43. The van der Waals surface area contributed by atoms with E-state index in [0.717, 1.165) is 54.7 Å². The van der Waals surface area contributed by atoms with E-state index in [1.54, 1.807) is 0 Å². The van der Waals surface area contributed by atoms with Gasteiger partial charge in [-0.15, -0.1) is 0 Å². The standard InChI is InChI=1S/C19H23ClN4O/c1-3-4-11-23-17(20)16(12(2)22-23)18-21-15-8-6-5-7-14(15)19(25)24(18)13-9-10-13/h5-8,13,18,21H,3-4,9-11H2,1-2H3/t18-/m1/s1. The Bertz CT molecular complexity index is 812. The van der Waals surface area contributed by atoms with Crippen molar-refractivity contribution in [2.75, 3.05) is 5.32 Å². The molecule has 1 N–H and O–H groups in total. The molecule has 0 radical (unpaired) electrons. The van der Waals surface area contributed by atoms with Gasteiger partial charge in [0.1, 0.15) is 11.3 Å². The number of nitrogens with one attached hydrogen (secondary N) is 1. The number of para-hydroxylation sites is 1. The van der Waals surface area contributed by atoms with E-state index in [0.29, 0.717) is 5.15 Å². The van der Waals surface area contributed by atoms with Gasteiger partial charge < -0.3 is 10.2 Å². The van der Waals surface area contributed by atoms with Gasteiger partial charge in [-0.25, -0.2) is 0 Å². The molecule has 2 aliphatic rings. The third-order valence-electron chi connectivity index (χ3n) is 5.01. The Morgan fingerprint density at radius 2 is 2.08 bits per heavy atom. The first-order chi connectivity index (χ1) is 12.1. The number of carbonyl (C=O) groups excluding carboxylic acids is 1. The van der Waals surface area contributed by atoms with Crippen molar-refractivity contribution in [3.8, 4) is 0 Å². The number of aromatic nitrogens is 2. The van der Waals surface area contributed by atoms with Crippen LogP contribution in [0, 0.1) is 6.92 Å². The number of unbranched alkanes of at least 4 members (excludes halogenated alkanes) is 1. The minimum Gasteiger partial charge on any atom is -0.361 e. The average molecular weight is 359 g/mol. The molecule has 0 spiro atoms. The third-order valence-corrected chi connectivity index (χ3v) is 5.41. The van der Waals surface area contributed by atoms with Gasteiger partial charge in [-0.05, 0) is 38.3 Å². The van der Waals surface area contributed by atoms with Crippen LogP contribution in [0.3, 0.4) is 0 Å². The lowest BCUT2D eigenvalue weighted by Gasteiger charge is -2.38. The van der Waals surface area contributed by atoms with Gasteiger partial charge in [0.2, 0.25) is 0 Å². The van der Waals surface area contributed by atoms with Gasteiger partial charge in [0.15, 0.2) is 0 Å². The Morgan fingerprint density at radius 3 is 2.80 bits per heavy atom. The zero-order chi connectivity index (χ0) is 17.6. The summed E-state index contributed by atoms with van der Waals surface area (Å²) in [6.07, 6.45) is 3.97. The molecular formula is C19H23ClN4O. The van der Waals surface area contributed by atoms with Crippen LogP contribution >= 0.6 is 11.6 Å². The highest BCUT2D eigenvalue weighted by molar-refractivity contribution is 6.30. The molecule has 1 fully saturated rings. The summed E-state index contributed by atoms with van der Waals surface area (Å²) in [4.78, 5) is 15.1. The molecular weight excluding hydrogens is 336 g/mol. The molecule has 6 heteroatoms. The molecule has 1 saturated carbocycles. The second-order valence-electron chi connectivity index (χ2n) is 6.90. The van der Waals surface area contributed by atoms with Crippen LogP contribution in [0.4, 0.5) is 5.69 Å². The monoisotopic (exact) mass is 358 g/mol. The summed E-state index contributed by atoms with van der Waals surface area (Å²) in [5, 5.41) is 8.80. The molecule has 132 valence electrons. The summed E-state index contributed by atoms with van der Waals surface area (Å²) >= 11 is 6.69. The number of hydrogen-bond acceptors (Lipinski definition) is 3. The van der Waals surface area contributed by atoms with Crippen LogP contribution in [0.25, 0.3) is 0 Å². The van der Waals surface area contributed by atoms with Crippen molar-refractivity contribution in [1.29, 1.82) is 0 Å². The topological polar surface area (TPSA) is 50.2 Å². The van der Waals surface area contributed by atoms with Crippen LogP contribution < -0.4 is 5.32 Å². The van der Waals surface area contributed by atoms with E-state index >= 15 is 0 Å². The van der Waals surface area contributed by atoms with Gasteiger partial charge >= 0.3 is 0 Å². The van der Waals surface area contributed by atoms with Gasteiger partial charge in [-0.3, -0.25) is 9.48 Å². The molecule has 0 bridgehead atoms. The predicted octanol–water partition coefficient (Wildman–Crippen LogP) is 4.37. The molecule has 1 aliphatic heterocycles. The fraction of sp³-hybridized carbons (Fsp3) is 0.474. The van der Waals surface area contributed by atoms with E-state index in [-0.39, 0.29) is 18.1 Å². The number of halogens is 1. The van der Waals surface area contributed by atoms with Crippen molar-refractivity contribution >= 4 is 23.2 Å². The molecule has 4 rings (SSSR count). The molecule has 1 aliphatic carbocycles. The van der Waals surface area contributed by atoms with Crippen molar-refractivity contribution in [2.45, 2.75) is 58.3 Å². The third kappa shape index (κ3) is 2.80. The Hall–Kier alpha value is -2.01. The van der Waals surface area contributed by atoms with Crippen LogP contribution in [-0.2, 0) is 6.54 Å². The summed E-state index contributed by atoms with van der Waals surface area (Å²) in [5.41, 5.74) is 3.41. The fourth-order valence-electron chi connectivity index (χ4n) is 3.54. The van der Waals surface area contributed by atoms with Crippen LogP contribution in [0.1, 0.15) is 60.4 Å². The number of rotatable bonds is 5. The van der Waals surface area contributed by atoms with Crippen molar-refractivity contribution in [3.63, 3.8) is 0 Å². The Balaban J connectivity index is 1.76. The fourth-order valence-corrected chi connectivity index (χ4v) is 3.91. The average Bonchev–Trinajstić information content (AvgIpc) is 3.39. The first-order valence-corrected chi connectivity index (χ1v) is 9.40. The van der Waals surface area contributed by atoms with Gasteiger partial charge in [-0.2, -0.15) is 5.10 Å². The Labute approximate surface area is 153 Å². The summed E-state index contributed by atoms with van der Waals surface area (Å²) in [5.74, 6) is 0.0821. The van der Waals surface area contributed by atoms with E-state index in [1.165, 1.54) is 0 Å². The van der Waals surface area contributed by atoms with Crippen LogP contribution in [0.5, 0.6) is 0 Å². The zero-order valence-electron chi connectivity index (χ0n) is 14.6. The molecule has 1 aromatic heterocycles. The first-order valence-electron chi connectivity index (χ1n) is 9.02. The van der Waals surface area contributed by atoms with Crippen molar-refractivity contribution in [3.05, 3.63) is 46.2 Å². The maximum Gasteiger partial charge on any atom is 0.258 e. The lowest BCUT2D eigenvalue weighted by Crippen LogP contribution is -2.44. The molecule has 2 heterocycles. The summed E-state index contributed by atoms with van der Waals surface area (Å²) in [6, 6.07) is 7.98. The first kappa shape index (κ1) is 16.5. The summed E-state index contributed by atoms with van der Waals surface area (Å²) in [6.45, 7) is 4.93. The number of carbonyl (C=O) groups is 1. The van der Waals surface area contributed by atoms with Gasteiger partial charge in [0.25, 0.3) is 5.91 Å². The van der Waals surface area contributed by atoms with E-state index < -0.39 is 0 Å². The largest absolute Gasteiger partial charge is 0.361 e. The van der Waals surface area contributed by atoms with Gasteiger partial charge in [0.05, 0.1) is 16.8 Å². The quantitative estimate of drug-likeness (QED) is 0.863. The van der Waals surface area contributed by atoms with Crippen molar-refractivity contribution < 1.29 is 4.79 Å². The smallest absolute Gasteiger partial charge is 0.258 e. The molecule has 1 atom stereocenters. The maximum atomic E-state index is 13.1. The Kier molecular flexibility index (Phi) is 4.20. The Morgan fingerprint density at radius 1 is 1.32 bits per heavy atom. The minimum atomic E-state index is -0.252. The van der Waals surface area contributed by atoms with E-state index in [2.05, 4.69) is 17.3 Å². The number of aryl methyl sites for hydroxylation is 2. The summed E-state index contributed by atoms with van der Waals surface area (Å²) in [7, 11) is 0. The predicted molar refractivity (Wildman–Crippen MR) is 98.9 cm³/mol. The lowest BCUT2D eigenvalue weighted by atomic mass is 10.0. The van der Waals surface area contributed by atoms with Crippen molar-refractivity contribution in [2.24, 2.45) is 0 Å². The van der Waals surface area contributed by atoms with Crippen LogP contribution in [0.2, 0.25) is 5.15 Å². The number of hydrogen-bond donors (Lipinski definition) is 1. The van der Waals surface area contributed by atoms with E-state index in [1.807, 2.05) is 40.8 Å². The van der Waals surface area contributed by atoms with Crippen LogP contribution in [0.15, 0.2) is 24.3 Å². The van der Waals surface area contributed by atoms with Crippen LogP contribution in [-0.4, -0.2) is 26.6 Å². The molecule has 2 aromatic rings. The zero-order valence-corrected chi connectivity index (χ0v) is 15.4.